The zero-order chi connectivity index (χ0) is 17.5. The van der Waals surface area contributed by atoms with E-state index in [9.17, 15) is 0 Å². The summed E-state index contributed by atoms with van der Waals surface area (Å²) in [6, 6.07) is 18.7. The first kappa shape index (κ1) is 17.4. The molecule has 2 aromatic rings. The Hall–Kier alpha value is -1.38. The van der Waals surface area contributed by atoms with Crippen LogP contribution >= 0.6 is 0 Å². The lowest BCUT2D eigenvalue weighted by atomic mass is 9.90. The molecule has 128 valence electrons. The molecule has 2 heteroatoms. The van der Waals surface area contributed by atoms with Gasteiger partial charge in [-0.2, -0.15) is 0 Å². The summed E-state index contributed by atoms with van der Waals surface area (Å²) < 4.78 is 0. The third-order valence-corrected chi connectivity index (χ3v) is 7.05. The maximum Gasteiger partial charge on any atom is 0.0776 e. The van der Waals surface area contributed by atoms with Crippen molar-refractivity contribution in [2.45, 2.75) is 64.3 Å². The summed E-state index contributed by atoms with van der Waals surface area (Å²) in [6.45, 7) is 14.1. The molecule has 24 heavy (non-hydrogen) atoms. The summed E-state index contributed by atoms with van der Waals surface area (Å²) in [4.78, 5) is 0. The Kier molecular flexibility index (Phi) is 4.48. The lowest BCUT2D eigenvalue weighted by molar-refractivity contribution is 0.340. The number of hydrogen-bond donors (Lipinski definition) is 1. The van der Waals surface area contributed by atoms with E-state index in [0.29, 0.717) is 12.0 Å². The van der Waals surface area contributed by atoms with Crippen LogP contribution in [0.25, 0.3) is 0 Å². The molecule has 0 spiro atoms. The van der Waals surface area contributed by atoms with Crippen LogP contribution in [0.2, 0.25) is 19.6 Å². The van der Waals surface area contributed by atoms with E-state index in [-0.39, 0.29) is 5.54 Å². The second-order valence-corrected chi connectivity index (χ2v) is 14.3. The van der Waals surface area contributed by atoms with Gasteiger partial charge >= 0.3 is 0 Å². The van der Waals surface area contributed by atoms with Crippen molar-refractivity contribution in [3.8, 4) is 0 Å². The van der Waals surface area contributed by atoms with Crippen molar-refractivity contribution >= 4 is 13.3 Å². The average Bonchev–Trinajstić information content (AvgIpc) is 2.83. The summed E-state index contributed by atoms with van der Waals surface area (Å²) in [5.74, 6) is 0.525. The molecule has 0 amide bonds. The fourth-order valence-corrected chi connectivity index (χ4v) is 4.94. The maximum absolute atomic E-state index is 3.92. The summed E-state index contributed by atoms with van der Waals surface area (Å²) in [5.41, 5.74) is 4.60. The van der Waals surface area contributed by atoms with Crippen LogP contribution in [0.15, 0.2) is 48.5 Å². The van der Waals surface area contributed by atoms with Crippen LogP contribution < -0.4 is 10.5 Å². The number of hydrogen-bond acceptors (Lipinski definition) is 1. The van der Waals surface area contributed by atoms with Crippen molar-refractivity contribution < 1.29 is 0 Å². The van der Waals surface area contributed by atoms with E-state index >= 15 is 0 Å². The van der Waals surface area contributed by atoms with Crippen molar-refractivity contribution in [3.05, 3.63) is 65.2 Å². The summed E-state index contributed by atoms with van der Waals surface area (Å²) in [7, 11) is -1.29. The van der Waals surface area contributed by atoms with Gasteiger partial charge in [0.15, 0.2) is 0 Å². The van der Waals surface area contributed by atoms with Crippen molar-refractivity contribution in [2.24, 2.45) is 0 Å². The van der Waals surface area contributed by atoms with Gasteiger partial charge in [-0.15, -0.1) is 0 Å². The number of benzene rings is 2. The zero-order valence-electron chi connectivity index (χ0n) is 16.0. The molecule has 0 saturated carbocycles. The highest BCUT2D eigenvalue weighted by molar-refractivity contribution is 6.88. The lowest BCUT2D eigenvalue weighted by Gasteiger charge is -2.31. The third kappa shape index (κ3) is 3.65. The molecular weight excluding hydrogens is 306 g/mol. The van der Waals surface area contributed by atoms with Gasteiger partial charge in [0.25, 0.3) is 0 Å². The van der Waals surface area contributed by atoms with Gasteiger partial charge in [0.2, 0.25) is 0 Å². The molecule has 0 bridgehead atoms. The Balaban J connectivity index is 2.04. The first-order chi connectivity index (χ1) is 11.1. The Morgan fingerprint density at radius 2 is 1.62 bits per heavy atom. The Bertz CT molecular complexity index is 707. The van der Waals surface area contributed by atoms with Crippen molar-refractivity contribution in [3.63, 3.8) is 0 Å². The van der Waals surface area contributed by atoms with E-state index in [4.69, 9.17) is 0 Å². The van der Waals surface area contributed by atoms with Crippen LogP contribution in [0.4, 0.5) is 0 Å². The molecular formula is C22H31NSi. The minimum Gasteiger partial charge on any atom is -0.305 e. The topological polar surface area (TPSA) is 12.0 Å². The van der Waals surface area contributed by atoms with Crippen LogP contribution in [0, 0.1) is 0 Å². The van der Waals surface area contributed by atoms with Crippen LogP contribution in [0.1, 0.15) is 49.4 Å². The van der Waals surface area contributed by atoms with Gasteiger partial charge in [0.1, 0.15) is 0 Å². The van der Waals surface area contributed by atoms with E-state index in [1.807, 2.05) is 0 Å². The van der Waals surface area contributed by atoms with Gasteiger partial charge in [0.05, 0.1) is 8.07 Å². The highest BCUT2D eigenvalue weighted by atomic mass is 28.3. The minimum atomic E-state index is -1.29. The molecule has 0 radical (unpaired) electrons. The van der Waals surface area contributed by atoms with E-state index < -0.39 is 8.07 Å². The second kappa shape index (κ2) is 6.16. The molecule has 0 unspecified atom stereocenters. The lowest BCUT2D eigenvalue weighted by Crippen LogP contribution is -2.41. The summed E-state index contributed by atoms with van der Waals surface area (Å²) in [6.07, 6.45) is 1.14. The summed E-state index contributed by atoms with van der Waals surface area (Å²) in [5, 5.41) is 5.48. The van der Waals surface area contributed by atoms with Gasteiger partial charge < -0.3 is 5.32 Å². The molecule has 1 aliphatic carbocycles. The molecule has 1 aliphatic rings. The second-order valence-electron chi connectivity index (χ2n) is 9.26. The molecule has 3 rings (SSSR count). The van der Waals surface area contributed by atoms with Gasteiger partial charge in [-0.05, 0) is 43.9 Å². The SMILES string of the molecule is CC(C)(C)N[C@@H]1c2cc([Si](C)(C)C)ccc2C[C@@H]1c1ccccc1. The molecule has 0 heterocycles. The number of fused-ring (bicyclic) bond motifs is 1. The third-order valence-electron chi connectivity index (χ3n) is 5.01. The van der Waals surface area contributed by atoms with Crippen LogP contribution in [0.5, 0.6) is 0 Å². The number of nitrogens with one attached hydrogen (secondary N) is 1. The molecule has 1 N–H and O–H groups in total. The van der Waals surface area contributed by atoms with E-state index in [0.717, 1.165) is 6.42 Å². The molecule has 0 fully saturated rings. The predicted molar refractivity (Wildman–Crippen MR) is 108 cm³/mol. The highest BCUT2D eigenvalue weighted by Crippen LogP contribution is 2.43. The highest BCUT2D eigenvalue weighted by Gasteiger charge is 2.36. The van der Waals surface area contributed by atoms with E-state index in [1.165, 1.54) is 16.7 Å². The molecule has 1 nitrogen and oxygen atoms in total. The van der Waals surface area contributed by atoms with Crippen molar-refractivity contribution in [1.29, 1.82) is 0 Å². The molecule has 2 atom stereocenters. The van der Waals surface area contributed by atoms with Gasteiger partial charge in [-0.25, -0.2) is 0 Å². The van der Waals surface area contributed by atoms with Gasteiger partial charge in [-0.1, -0.05) is 73.4 Å². The van der Waals surface area contributed by atoms with Crippen LogP contribution in [0.3, 0.4) is 0 Å². The fraction of sp³-hybridized carbons (Fsp3) is 0.455. The Morgan fingerprint density at radius 3 is 2.21 bits per heavy atom. The van der Waals surface area contributed by atoms with E-state index in [2.05, 4.69) is 94.3 Å². The fourth-order valence-electron chi connectivity index (χ4n) is 3.76. The molecule has 0 saturated heterocycles. The van der Waals surface area contributed by atoms with Crippen molar-refractivity contribution in [2.75, 3.05) is 0 Å². The molecule has 0 aliphatic heterocycles. The zero-order valence-corrected chi connectivity index (χ0v) is 17.0. The molecule has 0 aromatic heterocycles. The number of rotatable bonds is 3. The van der Waals surface area contributed by atoms with Crippen molar-refractivity contribution in [1.82, 2.24) is 5.32 Å². The first-order valence-electron chi connectivity index (χ1n) is 9.11. The summed E-state index contributed by atoms with van der Waals surface area (Å²) >= 11 is 0. The standard InChI is InChI=1S/C22H31NSi/c1-22(2,3)23-21-19(16-10-8-7-9-11-16)14-17-12-13-18(15-20(17)21)24(4,5)6/h7-13,15,19,21,23H,14H2,1-6H3/t19-,21+/m1/s1. The van der Waals surface area contributed by atoms with Crippen LogP contribution in [-0.2, 0) is 6.42 Å². The normalized spacial score (nSPS) is 20.9. The van der Waals surface area contributed by atoms with Gasteiger partial charge in [0, 0.05) is 17.5 Å². The smallest absolute Gasteiger partial charge is 0.0776 e. The predicted octanol–water partition coefficient (Wildman–Crippen LogP) is 5.00. The van der Waals surface area contributed by atoms with Gasteiger partial charge in [-0.3, -0.25) is 0 Å². The largest absolute Gasteiger partial charge is 0.305 e. The van der Waals surface area contributed by atoms with E-state index in [1.54, 1.807) is 5.19 Å². The van der Waals surface area contributed by atoms with Crippen LogP contribution in [-0.4, -0.2) is 13.6 Å². The minimum absolute atomic E-state index is 0.106. The Morgan fingerprint density at radius 1 is 0.958 bits per heavy atom. The maximum atomic E-state index is 3.92. The average molecular weight is 338 g/mol. The quantitative estimate of drug-likeness (QED) is 0.777. The monoisotopic (exact) mass is 337 g/mol. The molecule has 2 aromatic carbocycles. The Labute approximate surface area is 148 Å². The first-order valence-corrected chi connectivity index (χ1v) is 12.6.